The number of pyridine rings is 1. The number of benzene rings is 2. The molecule has 136 valence electrons. The molecule has 2 aromatic carbocycles. The van der Waals surface area contributed by atoms with Crippen molar-refractivity contribution in [3.8, 4) is 5.69 Å². The van der Waals surface area contributed by atoms with Gasteiger partial charge in [-0.05, 0) is 42.5 Å². The van der Waals surface area contributed by atoms with E-state index in [0.29, 0.717) is 11.2 Å². The molecule has 0 radical (unpaired) electrons. The van der Waals surface area contributed by atoms with Crippen LogP contribution in [0, 0.1) is 0 Å². The minimum absolute atomic E-state index is 0.0808. The highest BCUT2D eigenvalue weighted by Crippen LogP contribution is 2.22. The highest BCUT2D eigenvalue weighted by molar-refractivity contribution is 6.09. The number of nitrogens with one attached hydrogen (secondary N) is 2. The van der Waals surface area contributed by atoms with Crippen LogP contribution in [-0.4, -0.2) is 25.1 Å². The number of amides is 1. The molecular weight excluding hydrogens is 354 g/mol. The van der Waals surface area contributed by atoms with Gasteiger partial charge in [0.15, 0.2) is 0 Å². The van der Waals surface area contributed by atoms with Crippen LogP contribution in [0.25, 0.3) is 22.2 Å². The zero-order valence-corrected chi connectivity index (χ0v) is 14.7. The van der Waals surface area contributed by atoms with E-state index in [1.165, 1.54) is 4.52 Å². The quantitative estimate of drug-likeness (QED) is 0.512. The summed E-state index contributed by atoms with van der Waals surface area (Å²) in [5.41, 5.74) is 3.42. The SMILES string of the molecule is O=C(Nc1ccc2ncn(-c3ccccc3)c2c1)c1c(=O)[nH]n2ccccc12. The second-order valence-electron chi connectivity index (χ2n) is 6.38. The Kier molecular flexibility index (Phi) is 3.58. The Morgan fingerprint density at radius 1 is 0.964 bits per heavy atom. The first kappa shape index (κ1) is 16.1. The number of nitrogens with zero attached hydrogens (tertiary/aromatic N) is 3. The first-order chi connectivity index (χ1) is 13.7. The van der Waals surface area contributed by atoms with Crippen molar-refractivity contribution >= 4 is 28.1 Å². The summed E-state index contributed by atoms with van der Waals surface area (Å²) in [6.45, 7) is 0. The van der Waals surface area contributed by atoms with Crippen LogP contribution in [-0.2, 0) is 0 Å². The first-order valence-electron chi connectivity index (χ1n) is 8.74. The van der Waals surface area contributed by atoms with Gasteiger partial charge in [0.05, 0.1) is 16.6 Å². The number of aromatic nitrogens is 4. The Morgan fingerprint density at radius 2 is 1.79 bits per heavy atom. The standard InChI is InChI=1S/C21H15N5O2/c27-20(19-17-8-4-5-11-26(17)24-21(19)28)23-14-9-10-16-18(12-14)25(13-22-16)15-6-2-1-3-7-15/h1-13H,(H,23,27)(H,24,28). The van der Waals surface area contributed by atoms with E-state index in [4.69, 9.17) is 0 Å². The molecule has 5 rings (SSSR count). The van der Waals surface area contributed by atoms with E-state index < -0.39 is 11.5 Å². The Morgan fingerprint density at radius 3 is 2.64 bits per heavy atom. The van der Waals surface area contributed by atoms with Crippen LogP contribution in [0.1, 0.15) is 10.4 Å². The van der Waals surface area contributed by atoms with Gasteiger partial charge >= 0.3 is 0 Å². The fourth-order valence-electron chi connectivity index (χ4n) is 3.32. The minimum Gasteiger partial charge on any atom is -0.322 e. The Hall–Kier alpha value is -4.13. The maximum Gasteiger partial charge on any atom is 0.277 e. The average Bonchev–Trinajstić information content (AvgIpc) is 3.28. The number of carbonyl (C=O) groups excluding carboxylic acids is 1. The van der Waals surface area contributed by atoms with Crippen LogP contribution in [0.4, 0.5) is 5.69 Å². The molecule has 7 nitrogen and oxygen atoms in total. The van der Waals surface area contributed by atoms with Crippen molar-refractivity contribution in [2.24, 2.45) is 0 Å². The van der Waals surface area contributed by atoms with Crippen molar-refractivity contribution in [2.45, 2.75) is 0 Å². The number of para-hydroxylation sites is 1. The summed E-state index contributed by atoms with van der Waals surface area (Å²) in [6, 6.07) is 20.6. The summed E-state index contributed by atoms with van der Waals surface area (Å²) in [5, 5.41) is 5.46. The number of imidazole rings is 1. The number of hydrogen-bond donors (Lipinski definition) is 2. The third-order valence-electron chi connectivity index (χ3n) is 4.63. The number of anilines is 1. The largest absolute Gasteiger partial charge is 0.322 e. The second-order valence-corrected chi connectivity index (χ2v) is 6.38. The van der Waals surface area contributed by atoms with Gasteiger partial charge in [0.25, 0.3) is 11.5 Å². The van der Waals surface area contributed by atoms with Crippen molar-refractivity contribution in [3.05, 3.63) is 95.2 Å². The molecule has 5 aromatic rings. The van der Waals surface area contributed by atoms with Gasteiger partial charge in [0, 0.05) is 17.6 Å². The molecule has 0 atom stereocenters. The average molecular weight is 369 g/mol. The van der Waals surface area contributed by atoms with Gasteiger partial charge in [-0.15, -0.1) is 0 Å². The summed E-state index contributed by atoms with van der Waals surface area (Å²) < 4.78 is 3.48. The maximum absolute atomic E-state index is 12.8. The van der Waals surface area contributed by atoms with E-state index in [1.54, 1.807) is 36.8 Å². The van der Waals surface area contributed by atoms with E-state index in [1.807, 2.05) is 47.0 Å². The van der Waals surface area contributed by atoms with Crippen LogP contribution < -0.4 is 10.9 Å². The molecule has 0 spiro atoms. The molecule has 0 aliphatic carbocycles. The molecule has 0 saturated carbocycles. The molecule has 0 aliphatic rings. The summed E-state index contributed by atoms with van der Waals surface area (Å²) in [6.07, 6.45) is 3.44. The van der Waals surface area contributed by atoms with E-state index in [0.717, 1.165) is 16.7 Å². The summed E-state index contributed by atoms with van der Waals surface area (Å²) in [7, 11) is 0. The van der Waals surface area contributed by atoms with E-state index in [-0.39, 0.29) is 5.56 Å². The molecule has 0 unspecified atom stereocenters. The highest BCUT2D eigenvalue weighted by atomic mass is 16.2. The molecule has 7 heteroatoms. The van der Waals surface area contributed by atoms with Crippen LogP contribution in [0.5, 0.6) is 0 Å². The highest BCUT2D eigenvalue weighted by Gasteiger charge is 2.17. The van der Waals surface area contributed by atoms with Gasteiger partial charge in [0.1, 0.15) is 11.9 Å². The lowest BCUT2D eigenvalue weighted by Gasteiger charge is -2.07. The van der Waals surface area contributed by atoms with Crippen LogP contribution >= 0.6 is 0 Å². The molecule has 0 aliphatic heterocycles. The van der Waals surface area contributed by atoms with Gasteiger partial charge < -0.3 is 5.32 Å². The van der Waals surface area contributed by atoms with Crippen molar-refractivity contribution in [1.82, 2.24) is 19.2 Å². The molecule has 0 bridgehead atoms. The second kappa shape index (κ2) is 6.24. The van der Waals surface area contributed by atoms with E-state index in [2.05, 4.69) is 15.4 Å². The Balaban J connectivity index is 1.54. The lowest BCUT2D eigenvalue weighted by Crippen LogP contribution is -2.19. The molecule has 2 N–H and O–H groups in total. The van der Waals surface area contributed by atoms with Crippen molar-refractivity contribution in [2.75, 3.05) is 5.32 Å². The monoisotopic (exact) mass is 369 g/mol. The van der Waals surface area contributed by atoms with Gasteiger partial charge in [0.2, 0.25) is 0 Å². The van der Waals surface area contributed by atoms with Crippen LogP contribution in [0.15, 0.2) is 84.0 Å². The Bertz CT molecular complexity index is 1380. The van der Waals surface area contributed by atoms with Crippen molar-refractivity contribution in [3.63, 3.8) is 0 Å². The number of fused-ring (bicyclic) bond motifs is 2. The third-order valence-corrected chi connectivity index (χ3v) is 4.63. The fourth-order valence-corrected chi connectivity index (χ4v) is 3.32. The summed E-state index contributed by atoms with van der Waals surface area (Å²) in [4.78, 5) is 29.4. The first-order valence-corrected chi connectivity index (χ1v) is 8.74. The number of H-pyrrole nitrogens is 1. The molecule has 28 heavy (non-hydrogen) atoms. The predicted molar refractivity (Wildman–Crippen MR) is 107 cm³/mol. The molecule has 0 saturated heterocycles. The van der Waals surface area contributed by atoms with Gasteiger partial charge in [-0.25, -0.2) is 4.98 Å². The Labute approximate surface area is 158 Å². The summed E-state index contributed by atoms with van der Waals surface area (Å²) >= 11 is 0. The van der Waals surface area contributed by atoms with E-state index >= 15 is 0 Å². The molecular formula is C21H15N5O2. The maximum atomic E-state index is 12.8. The topological polar surface area (TPSA) is 84.2 Å². The fraction of sp³-hybridized carbons (Fsp3) is 0. The zero-order valence-electron chi connectivity index (χ0n) is 14.7. The number of carbonyl (C=O) groups is 1. The smallest absolute Gasteiger partial charge is 0.277 e. The normalized spacial score (nSPS) is 11.1. The number of hydrogen-bond acceptors (Lipinski definition) is 3. The number of aromatic amines is 1. The summed E-state index contributed by atoms with van der Waals surface area (Å²) in [5.74, 6) is -0.458. The third kappa shape index (κ3) is 2.57. The lowest BCUT2D eigenvalue weighted by molar-refractivity contribution is 0.102. The lowest BCUT2D eigenvalue weighted by atomic mass is 10.2. The van der Waals surface area contributed by atoms with Gasteiger partial charge in [-0.1, -0.05) is 24.3 Å². The zero-order chi connectivity index (χ0) is 19.1. The molecule has 3 heterocycles. The minimum atomic E-state index is -0.458. The number of rotatable bonds is 3. The van der Waals surface area contributed by atoms with Crippen LogP contribution in [0.3, 0.4) is 0 Å². The molecule has 1 amide bonds. The molecule has 3 aromatic heterocycles. The van der Waals surface area contributed by atoms with Crippen LogP contribution in [0.2, 0.25) is 0 Å². The predicted octanol–water partition coefficient (Wildman–Crippen LogP) is 3.22. The van der Waals surface area contributed by atoms with Gasteiger partial charge in [-0.3, -0.25) is 23.8 Å². The molecule has 0 fully saturated rings. The van der Waals surface area contributed by atoms with E-state index in [9.17, 15) is 9.59 Å². The van der Waals surface area contributed by atoms with Crippen molar-refractivity contribution in [1.29, 1.82) is 0 Å². The van der Waals surface area contributed by atoms with Crippen molar-refractivity contribution < 1.29 is 4.79 Å². The van der Waals surface area contributed by atoms with Gasteiger partial charge in [-0.2, -0.15) is 0 Å².